The number of rotatable bonds is 5. The maximum Gasteiger partial charge on any atom is 0.244 e. The largest absolute Gasteiger partial charge is 0.487 e. The number of likely N-dealkylation sites (tertiary alicyclic amines) is 1. The quantitative estimate of drug-likeness (QED) is 0.830. The lowest BCUT2D eigenvalue weighted by atomic mass is 10.1. The van der Waals surface area contributed by atoms with Gasteiger partial charge in [-0.2, -0.15) is 0 Å². The summed E-state index contributed by atoms with van der Waals surface area (Å²) in [6.07, 6.45) is 0.766. The van der Waals surface area contributed by atoms with Crippen molar-refractivity contribution in [2.45, 2.75) is 25.1 Å². The molecule has 0 saturated carbocycles. The van der Waals surface area contributed by atoms with E-state index in [2.05, 4.69) is 17.0 Å². The zero-order valence-electron chi connectivity index (χ0n) is 15.0. The van der Waals surface area contributed by atoms with E-state index in [4.69, 9.17) is 9.47 Å². The maximum atomic E-state index is 13.4. The van der Waals surface area contributed by atoms with Crippen molar-refractivity contribution >= 4 is 11.6 Å². The van der Waals surface area contributed by atoms with Crippen LogP contribution in [0.25, 0.3) is 0 Å². The zero-order valence-corrected chi connectivity index (χ0v) is 15.0. The minimum atomic E-state index is -0.162. The molecule has 26 heavy (non-hydrogen) atoms. The van der Waals surface area contributed by atoms with Gasteiger partial charge in [0.25, 0.3) is 0 Å². The van der Waals surface area contributed by atoms with Gasteiger partial charge in [0.05, 0.1) is 18.3 Å². The first-order chi connectivity index (χ1) is 12.8. The number of anilines is 1. The second kappa shape index (κ2) is 7.48. The normalized spacial score (nSPS) is 22.5. The van der Waals surface area contributed by atoms with E-state index in [1.165, 1.54) is 5.56 Å². The van der Waals surface area contributed by atoms with Gasteiger partial charge in [0.1, 0.15) is 11.9 Å². The van der Waals surface area contributed by atoms with Gasteiger partial charge in [-0.25, -0.2) is 0 Å². The first kappa shape index (κ1) is 17.1. The van der Waals surface area contributed by atoms with Crippen molar-refractivity contribution in [1.82, 2.24) is 4.90 Å². The van der Waals surface area contributed by atoms with Gasteiger partial charge in [0.2, 0.25) is 5.91 Å². The van der Waals surface area contributed by atoms with E-state index in [0.717, 1.165) is 30.9 Å². The number of benzene rings is 2. The summed E-state index contributed by atoms with van der Waals surface area (Å²) in [7, 11) is 1.66. The van der Waals surface area contributed by atoms with Gasteiger partial charge in [-0.05, 0) is 17.7 Å². The van der Waals surface area contributed by atoms with Crippen molar-refractivity contribution in [3.05, 3.63) is 60.2 Å². The number of carbonyl (C=O) groups excluding carboxylic acids is 1. The van der Waals surface area contributed by atoms with Gasteiger partial charge in [0.15, 0.2) is 0 Å². The van der Waals surface area contributed by atoms with Crippen LogP contribution in [0.3, 0.4) is 0 Å². The number of fused-ring (bicyclic) bond motifs is 3. The van der Waals surface area contributed by atoms with Gasteiger partial charge in [-0.1, -0.05) is 42.5 Å². The van der Waals surface area contributed by atoms with Crippen LogP contribution in [-0.2, 0) is 16.1 Å². The molecule has 2 bridgehead atoms. The van der Waals surface area contributed by atoms with E-state index < -0.39 is 0 Å². The van der Waals surface area contributed by atoms with Crippen LogP contribution in [0.4, 0.5) is 5.69 Å². The predicted octanol–water partition coefficient (Wildman–Crippen LogP) is 2.70. The summed E-state index contributed by atoms with van der Waals surface area (Å²) in [5.74, 6) is 0.915. The molecule has 1 saturated heterocycles. The third-order valence-corrected chi connectivity index (χ3v) is 5.11. The molecule has 5 nitrogen and oxygen atoms in total. The maximum absolute atomic E-state index is 13.4. The average Bonchev–Trinajstić information content (AvgIpc) is 3.06. The molecule has 2 aromatic rings. The third kappa shape index (κ3) is 3.32. The van der Waals surface area contributed by atoms with Crippen LogP contribution in [0, 0.1) is 0 Å². The smallest absolute Gasteiger partial charge is 0.244 e. The molecule has 2 aliphatic rings. The zero-order chi connectivity index (χ0) is 17.9. The van der Waals surface area contributed by atoms with Crippen LogP contribution in [0.2, 0.25) is 0 Å². The minimum absolute atomic E-state index is 0.0402. The summed E-state index contributed by atoms with van der Waals surface area (Å²) in [6, 6.07) is 17.9. The SMILES string of the molecule is COCCN1C(=O)[C@@H]2C[C@@H](CN2Cc2ccccc2)Oc2ccccc21. The van der Waals surface area contributed by atoms with Crippen molar-refractivity contribution < 1.29 is 14.3 Å². The van der Waals surface area contributed by atoms with E-state index in [-0.39, 0.29) is 18.1 Å². The number of carbonyl (C=O) groups is 1. The van der Waals surface area contributed by atoms with E-state index in [1.807, 2.05) is 47.4 Å². The van der Waals surface area contributed by atoms with Crippen molar-refractivity contribution in [1.29, 1.82) is 0 Å². The van der Waals surface area contributed by atoms with Crippen LogP contribution in [0.1, 0.15) is 12.0 Å². The van der Waals surface area contributed by atoms with Crippen LogP contribution in [0.15, 0.2) is 54.6 Å². The topological polar surface area (TPSA) is 42.0 Å². The number of ether oxygens (including phenoxy) is 2. The molecule has 5 heteroatoms. The second-order valence-electron chi connectivity index (χ2n) is 6.86. The van der Waals surface area contributed by atoms with Gasteiger partial charge in [0, 0.05) is 33.2 Å². The predicted molar refractivity (Wildman–Crippen MR) is 100 cm³/mol. The number of methoxy groups -OCH3 is 1. The first-order valence-corrected chi connectivity index (χ1v) is 9.10. The number of nitrogens with zero attached hydrogens (tertiary/aromatic N) is 2. The highest BCUT2D eigenvalue weighted by atomic mass is 16.5. The molecule has 2 aromatic carbocycles. The Bertz CT molecular complexity index is 765. The monoisotopic (exact) mass is 352 g/mol. The Morgan fingerprint density at radius 3 is 2.69 bits per heavy atom. The molecule has 1 amide bonds. The molecule has 0 aromatic heterocycles. The summed E-state index contributed by atoms with van der Waals surface area (Å²) in [6.45, 7) is 2.54. The lowest BCUT2D eigenvalue weighted by Gasteiger charge is -2.31. The third-order valence-electron chi connectivity index (χ3n) is 5.11. The summed E-state index contributed by atoms with van der Waals surface area (Å²) in [4.78, 5) is 17.5. The number of para-hydroxylation sites is 2. The summed E-state index contributed by atoms with van der Waals surface area (Å²) >= 11 is 0. The van der Waals surface area contributed by atoms with Crippen LogP contribution in [0.5, 0.6) is 5.75 Å². The molecule has 136 valence electrons. The molecule has 2 atom stereocenters. The molecule has 4 rings (SSSR count). The van der Waals surface area contributed by atoms with Gasteiger partial charge in [-0.3, -0.25) is 9.69 Å². The van der Waals surface area contributed by atoms with Crippen molar-refractivity contribution in [2.24, 2.45) is 0 Å². The Balaban J connectivity index is 1.64. The summed E-state index contributed by atoms with van der Waals surface area (Å²) in [5, 5.41) is 0. The van der Waals surface area contributed by atoms with E-state index in [9.17, 15) is 4.79 Å². The van der Waals surface area contributed by atoms with Gasteiger partial charge >= 0.3 is 0 Å². The average molecular weight is 352 g/mol. The Labute approximate surface area is 154 Å². The molecule has 1 fully saturated rings. The fourth-order valence-corrected chi connectivity index (χ4v) is 3.87. The molecule has 2 aliphatic heterocycles. The molecular weight excluding hydrogens is 328 g/mol. The number of amides is 1. The van der Waals surface area contributed by atoms with Crippen LogP contribution in [-0.4, -0.2) is 49.8 Å². The van der Waals surface area contributed by atoms with Crippen LogP contribution < -0.4 is 9.64 Å². The van der Waals surface area contributed by atoms with Crippen LogP contribution >= 0.6 is 0 Å². The van der Waals surface area contributed by atoms with Crippen molar-refractivity contribution in [3.63, 3.8) is 0 Å². The molecular formula is C21H24N2O3. The van der Waals surface area contributed by atoms with Gasteiger partial charge < -0.3 is 14.4 Å². The molecule has 0 aliphatic carbocycles. The fraction of sp³-hybridized carbons (Fsp3) is 0.381. The highest BCUT2D eigenvalue weighted by Crippen LogP contribution is 2.36. The number of hydrogen-bond acceptors (Lipinski definition) is 4. The fourth-order valence-electron chi connectivity index (χ4n) is 3.87. The van der Waals surface area contributed by atoms with Crippen molar-refractivity contribution in [2.75, 3.05) is 31.7 Å². The lowest BCUT2D eigenvalue weighted by Crippen LogP contribution is -2.47. The molecule has 0 unspecified atom stereocenters. The van der Waals surface area contributed by atoms with E-state index in [0.29, 0.717) is 13.2 Å². The van der Waals surface area contributed by atoms with E-state index in [1.54, 1.807) is 7.11 Å². The lowest BCUT2D eigenvalue weighted by molar-refractivity contribution is -0.123. The highest BCUT2D eigenvalue weighted by Gasteiger charge is 2.42. The first-order valence-electron chi connectivity index (χ1n) is 9.10. The van der Waals surface area contributed by atoms with E-state index >= 15 is 0 Å². The Morgan fingerprint density at radius 1 is 1.12 bits per heavy atom. The second-order valence-corrected chi connectivity index (χ2v) is 6.86. The highest BCUT2D eigenvalue weighted by molar-refractivity contribution is 5.99. The molecule has 0 radical (unpaired) electrons. The Kier molecular flexibility index (Phi) is 4.91. The molecule has 0 spiro atoms. The molecule has 0 N–H and O–H groups in total. The Hall–Kier alpha value is -2.37. The minimum Gasteiger partial charge on any atom is -0.487 e. The number of hydrogen-bond donors (Lipinski definition) is 0. The van der Waals surface area contributed by atoms with Crippen molar-refractivity contribution in [3.8, 4) is 5.75 Å². The van der Waals surface area contributed by atoms with Gasteiger partial charge in [-0.15, -0.1) is 0 Å². The summed E-state index contributed by atoms with van der Waals surface area (Å²) in [5.41, 5.74) is 2.05. The molecule has 2 heterocycles. The Morgan fingerprint density at radius 2 is 1.88 bits per heavy atom. The standard InChI is InChI=1S/C21H24N2O3/c1-25-12-11-23-18-9-5-6-10-20(18)26-17-13-19(21(23)24)22(15-17)14-16-7-3-2-4-8-16/h2-10,17,19H,11-15H2,1H3/t17-,19-/m0/s1. The summed E-state index contributed by atoms with van der Waals surface area (Å²) < 4.78 is 11.5.